The number of carbonyl (C=O) groups is 3. The van der Waals surface area contributed by atoms with Gasteiger partial charge in [0.05, 0.1) is 0 Å². The highest BCUT2D eigenvalue weighted by atomic mass is 16.4. The first kappa shape index (κ1) is 14.2. The molecule has 2 amide bonds. The third kappa shape index (κ3) is 4.59. The number of aliphatic carboxylic acids is 1. The van der Waals surface area contributed by atoms with Crippen molar-refractivity contribution in [2.24, 2.45) is 0 Å². The van der Waals surface area contributed by atoms with Crippen LogP contribution in [-0.4, -0.2) is 35.0 Å². The molecule has 0 heterocycles. The van der Waals surface area contributed by atoms with E-state index in [-0.39, 0.29) is 5.57 Å². The molecule has 0 aromatic carbocycles. The summed E-state index contributed by atoms with van der Waals surface area (Å²) < 4.78 is 0. The minimum atomic E-state index is -1.13. The van der Waals surface area contributed by atoms with E-state index in [4.69, 9.17) is 5.11 Å². The fourth-order valence-corrected chi connectivity index (χ4v) is 0.786. The topological polar surface area (TPSA) is 95.5 Å². The Bertz CT molecular complexity index is 325. The standard InChI is InChI=1S/C10H16N2O4/c1-5(2)8(13)11-6(3)9(14)12-7(4)10(15)16/h6-7H,1H2,2-4H3,(H,11,13)(H,12,14)(H,15,16). The van der Waals surface area contributed by atoms with Crippen LogP contribution in [0.1, 0.15) is 20.8 Å². The van der Waals surface area contributed by atoms with E-state index in [1.54, 1.807) is 0 Å². The summed E-state index contributed by atoms with van der Waals surface area (Å²) in [5.74, 6) is -2.12. The summed E-state index contributed by atoms with van der Waals surface area (Å²) in [5, 5.41) is 13.2. The van der Waals surface area contributed by atoms with Gasteiger partial charge in [-0.05, 0) is 20.8 Å². The SMILES string of the molecule is C=C(C)C(=O)NC(C)C(=O)NC(C)C(=O)O. The van der Waals surface area contributed by atoms with Crippen molar-refractivity contribution in [1.82, 2.24) is 10.6 Å². The number of rotatable bonds is 5. The van der Waals surface area contributed by atoms with Gasteiger partial charge >= 0.3 is 5.97 Å². The van der Waals surface area contributed by atoms with Gasteiger partial charge in [0.1, 0.15) is 12.1 Å². The van der Waals surface area contributed by atoms with Crippen LogP contribution in [0.3, 0.4) is 0 Å². The lowest BCUT2D eigenvalue weighted by Gasteiger charge is -2.16. The predicted octanol–water partition coefficient (Wildman–Crippen LogP) is -0.343. The number of amides is 2. The second-order valence-corrected chi connectivity index (χ2v) is 3.54. The molecule has 0 radical (unpaired) electrons. The van der Waals surface area contributed by atoms with Crippen molar-refractivity contribution in [3.63, 3.8) is 0 Å². The summed E-state index contributed by atoms with van der Waals surface area (Å²) in [7, 11) is 0. The van der Waals surface area contributed by atoms with Gasteiger partial charge < -0.3 is 15.7 Å². The van der Waals surface area contributed by atoms with Gasteiger partial charge in [-0.1, -0.05) is 6.58 Å². The maximum Gasteiger partial charge on any atom is 0.325 e. The van der Waals surface area contributed by atoms with Gasteiger partial charge in [0.2, 0.25) is 11.8 Å². The van der Waals surface area contributed by atoms with Crippen molar-refractivity contribution in [2.45, 2.75) is 32.9 Å². The van der Waals surface area contributed by atoms with E-state index >= 15 is 0 Å². The molecule has 0 saturated carbocycles. The van der Waals surface area contributed by atoms with Crippen molar-refractivity contribution in [3.05, 3.63) is 12.2 Å². The van der Waals surface area contributed by atoms with E-state index in [0.29, 0.717) is 0 Å². The molecule has 0 bridgehead atoms. The minimum absolute atomic E-state index is 0.283. The first-order valence-electron chi connectivity index (χ1n) is 4.75. The van der Waals surface area contributed by atoms with Crippen molar-refractivity contribution < 1.29 is 19.5 Å². The zero-order valence-electron chi connectivity index (χ0n) is 9.53. The number of nitrogens with one attached hydrogen (secondary N) is 2. The van der Waals surface area contributed by atoms with Crippen molar-refractivity contribution in [2.75, 3.05) is 0 Å². The van der Waals surface area contributed by atoms with Crippen LogP contribution in [0.4, 0.5) is 0 Å². The van der Waals surface area contributed by atoms with Crippen LogP contribution >= 0.6 is 0 Å². The lowest BCUT2D eigenvalue weighted by atomic mass is 10.2. The van der Waals surface area contributed by atoms with Gasteiger partial charge in [0.25, 0.3) is 0 Å². The fourth-order valence-electron chi connectivity index (χ4n) is 0.786. The quantitative estimate of drug-likeness (QED) is 0.561. The summed E-state index contributed by atoms with van der Waals surface area (Å²) in [6, 6.07) is -1.79. The highest BCUT2D eigenvalue weighted by Crippen LogP contribution is 1.91. The van der Waals surface area contributed by atoms with E-state index < -0.39 is 29.9 Å². The zero-order valence-corrected chi connectivity index (χ0v) is 9.53. The van der Waals surface area contributed by atoms with Crippen LogP contribution in [0.15, 0.2) is 12.2 Å². The van der Waals surface area contributed by atoms with Crippen LogP contribution in [0.2, 0.25) is 0 Å². The Balaban J connectivity index is 4.24. The Kier molecular flexibility index (Phi) is 5.21. The molecule has 6 heteroatoms. The van der Waals surface area contributed by atoms with Gasteiger partial charge in [0.15, 0.2) is 0 Å². The Morgan fingerprint density at radius 2 is 1.62 bits per heavy atom. The Hall–Kier alpha value is -1.85. The lowest BCUT2D eigenvalue weighted by Crippen LogP contribution is -2.49. The van der Waals surface area contributed by atoms with Gasteiger partial charge in [-0.2, -0.15) is 0 Å². The third-order valence-electron chi connectivity index (χ3n) is 1.86. The Morgan fingerprint density at radius 1 is 1.12 bits per heavy atom. The molecule has 90 valence electrons. The van der Waals surface area contributed by atoms with E-state index in [1.807, 2.05) is 0 Å². The molecule has 0 aromatic heterocycles. The number of hydrogen-bond acceptors (Lipinski definition) is 3. The second kappa shape index (κ2) is 5.89. The number of hydrogen-bond donors (Lipinski definition) is 3. The van der Waals surface area contributed by atoms with Gasteiger partial charge in [-0.3, -0.25) is 14.4 Å². The lowest BCUT2D eigenvalue weighted by molar-refractivity contribution is -0.141. The summed E-state index contributed by atoms with van der Waals surface area (Å²) >= 11 is 0. The molecule has 0 aromatic rings. The largest absolute Gasteiger partial charge is 0.480 e. The molecule has 0 rings (SSSR count). The molecule has 0 saturated heterocycles. The van der Waals surface area contributed by atoms with E-state index in [1.165, 1.54) is 20.8 Å². The average molecular weight is 228 g/mol. The fraction of sp³-hybridized carbons (Fsp3) is 0.500. The van der Waals surface area contributed by atoms with Crippen LogP contribution in [0.25, 0.3) is 0 Å². The van der Waals surface area contributed by atoms with E-state index in [9.17, 15) is 14.4 Å². The van der Waals surface area contributed by atoms with E-state index in [0.717, 1.165) is 0 Å². The van der Waals surface area contributed by atoms with Gasteiger partial charge in [0, 0.05) is 5.57 Å². The smallest absolute Gasteiger partial charge is 0.325 e. The number of carboxylic acid groups (broad SMARTS) is 1. The maximum atomic E-state index is 11.4. The number of carbonyl (C=O) groups excluding carboxylic acids is 2. The van der Waals surface area contributed by atoms with Crippen LogP contribution in [-0.2, 0) is 14.4 Å². The van der Waals surface area contributed by atoms with Gasteiger partial charge in [-0.25, -0.2) is 0 Å². The Morgan fingerprint density at radius 3 is 2.00 bits per heavy atom. The second-order valence-electron chi connectivity index (χ2n) is 3.54. The highest BCUT2D eigenvalue weighted by Gasteiger charge is 2.20. The molecule has 0 fully saturated rings. The molecule has 0 aliphatic carbocycles. The first-order valence-corrected chi connectivity index (χ1v) is 4.75. The van der Waals surface area contributed by atoms with Crippen molar-refractivity contribution in [1.29, 1.82) is 0 Å². The molecule has 3 N–H and O–H groups in total. The zero-order chi connectivity index (χ0) is 12.9. The molecule has 0 spiro atoms. The average Bonchev–Trinajstić information content (AvgIpc) is 2.16. The molecular formula is C10H16N2O4. The van der Waals surface area contributed by atoms with Gasteiger partial charge in [-0.15, -0.1) is 0 Å². The van der Waals surface area contributed by atoms with Crippen LogP contribution < -0.4 is 10.6 Å². The monoisotopic (exact) mass is 228 g/mol. The molecule has 0 aliphatic heterocycles. The molecule has 6 nitrogen and oxygen atoms in total. The van der Waals surface area contributed by atoms with E-state index in [2.05, 4.69) is 17.2 Å². The van der Waals surface area contributed by atoms with Crippen molar-refractivity contribution in [3.8, 4) is 0 Å². The summed E-state index contributed by atoms with van der Waals surface area (Å²) in [6.07, 6.45) is 0. The minimum Gasteiger partial charge on any atom is -0.480 e. The van der Waals surface area contributed by atoms with Crippen molar-refractivity contribution >= 4 is 17.8 Å². The first-order chi connectivity index (χ1) is 7.25. The molecule has 2 unspecified atom stereocenters. The normalized spacial score (nSPS) is 13.4. The molecule has 0 aliphatic rings. The third-order valence-corrected chi connectivity index (χ3v) is 1.86. The Labute approximate surface area is 93.7 Å². The molecular weight excluding hydrogens is 212 g/mol. The predicted molar refractivity (Wildman–Crippen MR) is 57.7 cm³/mol. The summed E-state index contributed by atoms with van der Waals surface area (Å²) in [5.41, 5.74) is 0.283. The molecule has 16 heavy (non-hydrogen) atoms. The summed E-state index contributed by atoms with van der Waals surface area (Å²) in [6.45, 7) is 7.74. The summed E-state index contributed by atoms with van der Waals surface area (Å²) in [4.78, 5) is 33.0. The van der Waals surface area contributed by atoms with Crippen LogP contribution in [0.5, 0.6) is 0 Å². The highest BCUT2D eigenvalue weighted by molar-refractivity contribution is 5.96. The number of carboxylic acids is 1. The maximum absolute atomic E-state index is 11.4. The van der Waals surface area contributed by atoms with Crippen LogP contribution in [0, 0.1) is 0 Å². The molecule has 2 atom stereocenters.